The zero-order valence-electron chi connectivity index (χ0n) is 6.73. The zero-order valence-corrected chi connectivity index (χ0v) is 6.73. The smallest absolute Gasteiger partial charge is 0.312 e. The third-order valence-electron chi connectivity index (χ3n) is 0.858. The third-order valence-corrected chi connectivity index (χ3v) is 0.858. The van der Waals surface area contributed by atoms with E-state index < -0.39 is 0 Å². The fourth-order valence-electron chi connectivity index (χ4n) is 0.333. The van der Waals surface area contributed by atoms with Crippen LogP contribution in [0.4, 0.5) is 0 Å². The Hall–Kier alpha value is -0.790. The number of ether oxygens (including phenoxy) is 1. The Morgan fingerprint density at radius 1 is 1.40 bits per heavy atom. The molecule has 10 heavy (non-hydrogen) atoms. The maximum absolute atomic E-state index is 10.7. The highest BCUT2D eigenvalue weighted by Gasteiger charge is 2.07. The minimum atomic E-state index is -0.247. The van der Waals surface area contributed by atoms with Crippen LogP contribution in [-0.2, 0) is 9.53 Å². The van der Waals surface area contributed by atoms with Crippen LogP contribution in [0.25, 0.3) is 0 Å². The highest BCUT2D eigenvalue weighted by Crippen LogP contribution is 1.99. The molecule has 1 radical (unpaired) electrons. The highest BCUT2D eigenvalue weighted by atomic mass is 16.5. The molecule has 0 saturated carbocycles. The number of hydrogen-bond acceptors (Lipinski definition) is 2. The second kappa shape index (κ2) is 4.09. The summed E-state index contributed by atoms with van der Waals surface area (Å²) in [5, 5.41) is 0. The van der Waals surface area contributed by atoms with E-state index in [9.17, 15) is 4.79 Å². The maximum atomic E-state index is 10.7. The van der Waals surface area contributed by atoms with Gasteiger partial charge < -0.3 is 4.74 Å². The molecule has 57 valence electrons. The molecular formula is C8H13O2. The molecule has 0 aliphatic heterocycles. The SMILES string of the molecule is C=C(C)COC(=O)[C](C)C. The van der Waals surface area contributed by atoms with Crippen molar-refractivity contribution in [2.24, 2.45) is 0 Å². The van der Waals surface area contributed by atoms with Crippen LogP contribution in [0.5, 0.6) is 0 Å². The molecule has 0 atom stereocenters. The van der Waals surface area contributed by atoms with Crippen LogP contribution in [0.2, 0.25) is 0 Å². The van der Waals surface area contributed by atoms with Gasteiger partial charge in [0.05, 0.1) is 5.92 Å². The summed E-state index contributed by atoms with van der Waals surface area (Å²) >= 11 is 0. The van der Waals surface area contributed by atoms with Crippen molar-refractivity contribution in [3.63, 3.8) is 0 Å². The molecule has 0 amide bonds. The van der Waals surface area contributed by atoms with E-state index in [-0.39, 0.29) is 5.97 Å². The molecule has 0 aliphatic carbocycles. The Balaban J connectivity index is 3.50. The molecule has 2 nitrogen and oxygen atoms in total. The van der Waals surface area contributed by atoms with Gasteiger partial charge in [0.1, 0.15) is 6.61 Å². The first-order valence-corrected chi connectivity index (χ1v) is 3.15. The largest absolute Gasteiger partial charge is 0.461 e. The third kappa shape index (κ3) is 4.13. The first kappa shape index (κ1) is 9.21. The van der Waals surface area contributed by atoms with Crippen molar-refractivity contribution in [3.05, 3.63) is 18.1 Å². The summed E-state index contributed by atoms with van der Waals surface area (Å²) in [4.78, 5) is 10.7. The molecule has 2 heteroatoms. The Morgan fingerprint density at radius 2 is 1.90 bits per heavy atom. The van der Waals surface area contributed by atoms with Crippen molar-refractivity contribution in [3.8, 4) is 0 Å². The molecule has 0 spiro atoms. The van der Waals surface area contributed by atoms with Crippen LogP contribution in [-0.4, -0.2) is 12.6 Å². The van der Waals surface area contributed by atoms with Crippen molar-refractivity contribution in [1.29, 1.82) is 0 Å². The second-order valence-electron chi connectivity index (χ2n) is 2.53. The van der Waals surface area contributed by atoms with Gasteiger partial charge in [-0.05, 0) is 26.3 Å². The van der Waals surface area contributed by atoms with Gasteiger partial charge in [0.15, 0.2) is 0 Å². The Bertz CT molecular complexity index is 136. The summed E-state index contributed by atoms with van der Waals surface area (Å²) < 4.78 is 4.79. The first-order valence-electron chi connectivity index (χ1n) is 3.15. The standard InChI is InChI=1S/C8H13O2/c1-6(2)5-10-8(9)7(3)4/h1,5H2,2-4H3. The molecule has 0 bridgehead atoms. The summed E-state index contributed by atoms with van der Waals surface area (Å²) in [6.07, 6.45) is 0. The van der Waals surface area contributed by atoms with Crippen LogP contribution in [0, 0.1) is 5.92 Å². The van der Waals surface area contributed by atoms with Crippen LogP contribution in [0.3, 0.4) is 0 Å². The molecule has 0 fully saturated rings. The summed E-state index contributed by atoms with van der Waals surface area (Å²) in [6.45, 7) is 9.19. The summed E-state index contributed by atoms with van der Waals surface area (Å²) in [5.74, 6) is 0.421. The highest BCUT2D eigenvalue weighted by molar-refractivity contribution is 5.83. The van der Waals surface area contributed by atoms with Gasteiger partial charge in [-0.2, -0.15) is 0 Å². The topological polar surface area (TPSA) is 26.3 Å². The van der Waals surface area contributed by atoms with E-state index in [0.717, 1.165) is 5.57 Å². The number of carbonyl (C=O) groups is 1. The Labute approximate surface area is 61.9 Å². The molecule has 0 aromatic rings. The van der Waals surface area contributed by atoms with E-state index in [1.54, 1.807) is 13.8 Å². The van der Waals surface area contributed by atoms with Crippen LogP contribution >= 0.6 is 0 Å². The van der Waals surface area contributed by atoms with Gasteiger partial charge in [-0.25, -0.2) is 0 Å². The Kier molecular flexibility index (Phi) is 3.77. The maximum Gasteiger partial charge on any atom is 0.312 e. The van der Waals surface area contributed by atoms with Crippen molar-refractivity contribution in [2.45, 2.75) is 20.8 Å². The van der Waals surface area contributed by atoms with E-state index in [4.69, 9.17) is 4.74 Å². The van der Waals surface area contributed by atoms with Gasteiger partial charge in [0, 0.05) is 0 Å². The predicted molar refractivity (Wildman–Crippen MR) is 40.4 cm³/mol. The number of rotatable bonds is 3. The Morgan fingerprint density at radius 3 is 2.20 bits per heavy atom. The molecule has 0 saturated heterocycles. The monoisotopic (exact) mass is 141 g/mol. The summed E-state index contributed by atoms with van der Waals surface area (Å²) in [7, 11) is 0. The average Bonchev–Trinajstić information content (AvgIpc) is 1.82. The van der Waals surface area contributed by atoms with Crippen LogP contribution < -0.4 is 0 Å². The molecule has 0 N–H and O–H groups in total. The second-order valence-corrected chi connectivity index (χ2v) is 2.53. The van der Waals surface area contributed by atoms with Gasteiger partial charge in [0.2, 0.25) is 0 Å². The molecule has 0 heterocycles. The number of carbonyl (C=O) groups excluding carboxylic acids is 1. The first-order chi connectivity index (χ1) is 4.54. The quantitative estimate of drug-likeness (QED) is 0.442. The zero-order chi connectivity index (χ0) is 8.15. The molecule has 0 aliphatic rings. The van der Waals surface area contributed by atoms with Gasteiger partial charge in [-0.15, -0.1) is 0 Å². The van der Waals surface area contributed by atoms with E-state index in [2.05, 4.69) is 6.58 Å². The van der Waals surface area contributed by atoms with E-state index in [0.29, 0.717) is 12.5 Å². The number of esters is 1. The summed E-state index contributed by atoms with van der Waals surface area (Å²) in [5.41, 5.74) is 0.856. The lowest BCUT2D eigenvalue weighted by atomic mass is 10.2. The number of hydrogen-bond donors (Lipinski definition) is 0. The van der Waals surface area contributed by atoms with Gasteiger partial charge in [0.25, 0.3) is 0 Å². The summed E-state index contributed by atoms with van der Waals surface area (Å²) in [6, 6.07) is 0. The van der Waals surface area contributed by atoms with E-state index >= 15 is 0 Å². The van der Waals surface area contributed by atoms with Crippen LogP contribution in [0.1, 0.15) is 20.8 Å². The van der Waals surface area contributed by atoms with Crippen molar-refractivity contribution < 1.29 is 9.53 Å². The van der Waals surface area contributed by atoms with Gasteiger partial charge in [-0.3, -0.25) is 4.79 Å². The molecule has 0 aromatic carbocycles. The minimum absolute atomic E-state index is 0.247. The minimum Gasteiger partial charge on any atom is -0.461 e. The molecular weight excluding hydrogens is 128 g/mol. The lowest BCUT2D eigenvalue weighted by Crippen LogP contribution is -2.10. The van der Waals surface area contributed by atoms with E-state index in [1.165, 1.54) is 0 Å². The van der Waals surface area contributed by atoms with Gasteiger partial charge in [-0.1, -0.05) is 6.58 Å². The fraction of sp³-hybridized carbons (Fsp3) is 0.500. The van der Waals surface area contributed by atoms with Crippen LogP contribution in [0.15, 0.2) is 12.2 Å². The van der Waals surface area contributed by atoms with Crippen molar-refractivity contribution in [2.75, 3.05) is 6.61 Å². The van der Waals surface area contributed by atoms with Gasteiger partial charge >= 0.3 is 5.97 Å². The van der Waals surface area contributed by atoms with Crippen molar-refractivity contribution >= 4 is 5.97 Å². The normalized spacial score (nSPS) is 9.60. The lowest BCUT2D eigenvalue weighted by molar-refractivity contribution is -0.140. The van der Waals surface area contributed by atoms with Crippen molar-refractivity contribution in [1.82, 2.24) is 0 Å². The average molecular weight is 141 g/mol. The molecule has 0 unspecified atom stereocenters. The van der Waals surface area contributed by atoms with E-state index in [1.807, 2.05) is 6.92 Å². The fourth-order valence-corrected chi connectivity index (χ4v) is 0.333. The molecule has 0 rings (SSSR count). The predicted octanol–water partition coefficient (Wildman–Crippen LogP) is 1.72. The molecule has 0 aromatic heterocycles. The lowest BCUT2D eigenvalue weighted by Gasteiger charge is -2.04.